The molecule has 2 saturated heterocycles. The first-order valence-corrected chi connectivity index (χ1v) is 9.10. The van der Waals surface area contributed by atoms with E-state index < -0.39 is 11.7 Å². The number of halogens is 3. The predicted octanol–water partition coefficient (Wildman–Crippen LogP) is 4.19. The van der Waals surface area contributed by atoms with E-state index in [9.17, 15) is 18.0 Å². The molecule has 138 valence electrons. The predicted molar refractivity (Wildman–Crippen MR) is 90.6 cm³/mol. The van der Waals surface area contributed by atoms with Crippen molar-refractivity contribution in [1.82, 2.24) is 10.2 Å². The Kier molecular flexibility index (Phi) is 5.37. The van der Waals surface area contributed by atoms with Crippen LogP contribution in [-0.2, 0) is 6.18 Å². The number of rotatable bonds is 2. The summed E-state index contributed by atoms with van der Waals surface area (Å²) in [6, 6.07) is 4.02. The molecule has 2 heterocycles. The molecule has 1 aromatic carbocycles. The van der Waals surface area contributed by atoms with Crippen LogP contribution in [0.3, 0.4) is 0 Å². The van der Waals surface area contributed by atoms with E-state index in [-0.39, 0.29) is 23.4 Å². The van der Waals surface area contributed by atoms with Gasteiger partial charge in [-0.2, -0.15) is 13.2 Å². The first-order chi connectivity index (χ1) is 11.9. The van der Waals surface area contributed by atoms with Gasteiger partial charge in [0.05, 0.1) is 5.56 Å². The molecule has 1 atom stereocenters. The van der Waals surface area contributed by atoms with Gasteiger partial charge in [0, 0.05) is 18.2 Å². The maximum Gasteiger partial charge on any atom is 0.416 e. The second-order valence-corrected chi connectivity index (χ2v) is 7.21. The number of piperidine rings is 2. The number of hydrogen-bond acceptors (Lipinski definition) is 2. The Morgan fingerprint density at radius 2 is 1.84 bits per heavy atom. The van der Waals surface area contributed by atoms with Crippen LogP contribution in [0, 0.1) is 0 Å². The molecule has 3 rings (SSSR count). The van der Waals surface area contributed by atoms with E-state index in [4.69, 9.17) is 0 Å². The smallest absolute Gasteiger partial charge is 0.336 e. The summed E-state index contributed by atoms with van der Waals surface area (Å²) in [4.78, 5) is 14.6. The molecule has 1 amide bonds. The topological polar surface area (TPSA) is 32.3 Å². The van der Waals surface area contributed by atoms with Crippen LogP contribution in [0.25, 0.3) is 0 Å². The molecule has 2 aliphatic heterocycles. The Bertz CT molecular complexity index is 624. The zero-order valence-electron chi connectivity index (χ0n) is 14.5. The maximum absolute atomic E-state index is 13.4. The highest BCUT2D eigenvalue weighted by atomic mass is 19.4. The lowest BCUT2D eigenvalue weighted by atomic mass is 9.87. The zero-order chi connectivity index (χ0) is 18.0. The normalized spacial score (nSPS) is 22.9. The lowest BCUT2D eigenvalue weighted by molar-refractivity contribution is -0.137. The minimum absolute atomic E-state index is 0.0777. The Hall–Kier alpha value is -1.56. The molecule has 25 heavy (non-hydrogen) atoms. The third-order valence-corrected chi connectivity index (χ3v) is 5.40. The molecule has 0 saturated carbocycles. The fraction of sp³-hybridized carbons (Fsp3) is 0.632. The SMILES string of the molecule is CC1CCCCN1C(=O)c1cc(C2CCNCC2)cc(C(F)(F)F)c1. The standard InChI is InChI=1S/C19H25F3N2O/c1-13-4-2-3-9-24(13)18(25)16-10-15(14-5-7-23-8-6-14)11-17(12-16)19(20,21)22/h10-14,23H,2-9H2,1H3. The first kappa shape index (κ1) is 18.2. The van der Waals surface area contributed by atoms with Crippen LogP contribution < -0.4 is 5.32 Å². The summed E-state index contributed by atoms with van der Waals surface area (Å²) in [5, 5.41) is 3.23. The number of alkyl halides is 3. The Morgan fingerprint density at radius 1 is 1.12 bits per heavy atom. The minimum Gasteiger partial charge on any atom is -0.336 e. The van der Waals surface area contributed by atoms with Crippen molar-refractivity contribution in [2.75, 3.05) is 19.6 Å². The molecule has 0 aliphatic carbocycles. The number of likely N-dealkylation sites (tertiary alicyclic amines) is 1. The van der Waals surface area contributed by atoms with Gasteiger partial charge in [-0.05, 0) is 81.8 Å². The molecule has 1 aromatic rings. The monoisotopic (exact) mass is 354 g/mol. The van der Waals surface area contributed by atoms with E-state index in [2.05, 4.69) is 5.32 Å². The summed E-state index contributed by atoms with van der Waals surface area (Å²) in [7, 11) is 0. The highest BCUT2D eigenvalue weighted by Crippen LogP contribution is 2.35. The van der Waals surface area contributed by atoms with Crippen LogP contribution in [0.15, 0.2) is 18.2 Å². The average molecular weight is 354 g/mol. The van der Waals surface area contributed by atoms with Crippen molar-refractivity contribution in [3.8, 4) is 0 Å². The van der Waals surface area contributed by atoms with Gasteiger partial charge in [-0.3, -0.25) is 4.79 Å². The lowest BCUT2D eigenvalue weighted by Crippen LogP contribution is -2.42. The molecule has 1 unspecified atom stereocenters. The molecular formula is C19H25F3N2O. The van der Waals surface area contributed by atoms with Crippen molar-refractivity contribution in [3.63, 3.8) is 0 Å². The molecule has 0 radical (unpaired) electrons. The Morgan fingerprint density at radius 3 is 2.48 bits per heavy atom. The van der Waals surface area contributed by atoms with Crippen molar-refractivity contribution < 1.29 is 18.0 Å². The number of carbonyl (C=O) groups excluding carboxylic acids is 1. The van der Waals surface area contributed by atoms with E-state index in [1.54, 1.807) is 11.0 Å². The number of hydrogen-bond donors (Lipinski definition) is 1. The fourth-order valence-corrected chi connectivity index (χ4v) is 3.90. The molecule has 2 aliphatic rings. The van der Waals surface area contributed by atoms with Crippen molar-refractivity contribution in [2.45, 2.75) is 57.2 Å². The van der Waals surface area contributed by atoms with Crippen LogP contribution in [0.5, 0.6) is 0 Å². The third kappa shape index (κ3) is 4.17. The number of carbonyl (C=O) groups is 1. The number of benzene rings is 1. The Labute approximate surface area is 146 Å². The summed E-state index contributed by atoms with van der Waals surface area (Å²) in [6.07, 6.45) is 0.0471. The van der Waals surface area contributed by atoms with E-state index in [0.29, 0.717) is 12.1 Å². The van der Waals surface area contributed by atoms with Crippen LogP contribution in [0.2, 0.25) is 0 Å². The molecule has 0 aromatic heterocycles. The number of nitrogens with zero attached hydrogens (tertiary/aromatic N) is 1. The highest BCUT2D eigenvalue weighted by Gasteiger charge is 2.34. The van der Waals surface area contributed by atoms with Crippen molar-refractivity contribution in [2.24, 2.45) is 0 Å². The summed E-state index contributed by atoms with van der Waals surface area (Å²) < 4.78 is 40.1. The van der Waals surface area contributed by atoms with Crippen molar-refractivity contribution >= 4 is 5.91 Å². The fourth-order valence-electron chi connectivity index (χ4n) is 3.90. The van der Waals surface area contributed by atoms with Crippen LogP contribution >= 0.6 is 0 Å². The van der Waals surface area contributed by atoms with Gasteiger partial charge >= 0.3 is 6.18 Å². The van der Waals surface area contributed by atoms with Gasteiger partial charge in [0.2, 0.25) is 0 Å². The quantitative estimate of drug-likeness (QED) is 0.864. The van der Waals surface area contributed by atoms with Gasteiger partial charge in [0.1, 0.15) is 0 Å². The molecule has 1 N–H and O–H groups in total. The maximum atomic E-state index is 13.4. The Balaban J connectivity index is 1.95. The van der Waals surface area contributed by atoms with Gasteiger partial charge in [-0.1, -0.05) is 0 Å². The van der Waals surface area contributed by atoms with Crippen LogP contribution in [0.4, 0.5) is 13.2 Å². The second-order valence-electron chi connectivity index (χ2n) is 7.21. The van der Waals surface area contributed by atoms with Crippen molar-refractivity contribution in [3.05, 3.63) is 34.9 Å². The van der Waals surface area contributed by atoms with E-state index in [1.165, 1.54) is 6.07 Å². The number of nitrogens with one attached hydrogen (secondary N) is 1. The van der Waals surface area contributed by atoms with Gasteiger partial charge in [0.15, 0.2) is 0 Å². The highest BCUT2D eigenvalue weighted by molar-refractivity contribution is 5.95. The zero-order valence-corrected chi connectivity index (χ0v) is 14.5. The van der Waals surface area contributed by atoms with Crippen molar-refractivity contribution in [1.29, 1.82) is 0 Å². The molecule has 0 spiro atoms. The molecule has 6 heteroatoms. The van der Waals surface area contributed by atoms with E-state index >= 15 is 0 Å². The minimum atomic E-state index is -4.44. The molecule has 2 fully saturated rings. The third-order valence-electron chi connectivity index (χ3n) is 5.40. The van der Waals surface area contributed by atoms with E-state index in [1.807, 2.05) is 6.92 Å². The summed E-state index contributed by atoms with van der Waals surface area (Å²) in [5.41, 5.74) is 0.109. The second kappa shape index (κ2) is 7.36. The molecule has 3 nitrogen and oxygen atoms in total. The number of amides is 1. The van der Waals surface area contributed by atoms with Gasteiger partial charge in [-0.25, -0.2) is 0 Å². The average Bonchev–Trinajstić information content (AvgIpc) is 2.61. The lowest BCUT2D eigenvalue weighted by Gasteiger charge is -2.34. The molecule has 0 bridgehead atoms. The van der Waals surface area contributed by atoms with Crippen LogP contribution in [0.1, 0.15) is 66.4 Å². The van der Waals surface area contributed by atoms with Gasteiger partial charge < -0.3 is 10.2 Å². The molecular weight excluding hydrogens is 329 g/mol. The summed E-state index contributed by atoms with van der Waals surface area (Å²) in [5.74, 6) is -0.192. The van der Waals surface area contributed by atoms with Crippen LogP contribution in [-0.4, -0.2) is 36.5 Å². The van der Waals surface area contributed by atoms with Gasteiger partial charge in [0.25, 0.3) is 5.91 Å². The summed E-state index contributed by atoms with van der Waals surface area (Å²) >= 11 is 0. The van der Waals surface area contributed by atoms with Gasteiger partial charge in [-0.15, -0.1) is 0 Å². The van der Waals surface area contributed by atoms with E-state index in [0.717, 1.165) is 51.3 Å². The first-order valence-electron chi connectivity index (χ1n) is 9.10. The summed E-state index contributed by atoms with van der Waals surface area (Å²) in [6.45, 7) is 4.19. The largest absolute Gasteiger partial charge is 0.416 e.